The Morgan fingerprint density at radius 2 is 1.59 bits per heavy atom. The van der Waals surface area contributed by atoms with Crippen LogP contribution in [-0.4, -0.2) is 16.7 Å². The topological polar surface area (TPSA) is 54.4 Å². The van der Waals surface area contributed by atoms with E-state index in [1.807, 2.05) is 13.0 Å². The number of ketones is 2. The van der Waals surface area contributed by atoms with Gasteiger partial charge in [0.05, 0.1) is 0 Å². The van der Waals surface area contributed by atoms with Gasteiger partial charge in [-0.15, -0.1) is 0 Å². The SMILES string of the molecule is CC(=O)C(C)(O)c1ccccc1.CCC(C)=O. The molecule has 17 heavy (non-hydrogen) atoms. The maximum atomic E-state index is 11.0. The molecule has 1 N–H and O–H groups in total. The second-order valence-electron chi connectivity index (χ2n) is 4.05. The predicted octanol–water partition coefficient (Wildman–Crippen LogP) is 2.47. The minimum absolute atomic E-state index is 0.242. The summed E-state index contributed by atoms with van der Waals surface area (Å²) < 4.78 is 0. The molecule has 0 heterocycles. The molecule has 1 unspecified atom stereocenters. The number of carbonyl (C=O) groups is 2. The third-order valence-electron chi connectivity index (χ3n) is 2.52. The second-order valence-corrected chi connectivity index (χ2v) is 4.05. The van der Waals surface area contributed by atoms with Crippen molar-refractivity contribution in [2.45, 2.75) is 39.7 Å². The van der Waals surface area contributed by atoms with Crippen molar-refractivity contribution in [1.29, 1.82) is 0 Å². The third-order valence-corrected chi connectivity index (χ3v) is 2.52. The zero-order chi connectivity index (χ0) is 13.5. The molecule has 0 amide bonds. The van der Waals surface area contributed by atoms with Gasteiger partial charge in [-0.2, -0.15) is 0 Å². The van der Waals surface area contributed by atoms with Gasteiger partial charge in [-0.25, -0.2) is 0 Å². The van der Waals surface area contributed by atoms with E-state index in [0.717, 1.165) is 0 Å². The monoisotopic (exact) mass is 236 g/mol. The number of Topliss-reactive ketones (excluding diaryl/α,β-unsaturated/α-hetero) is 2. The van der Waals surface area contributed by atoms with Gasteiger partial charge in [0.25, 0.3) is 0 Å². The summed E-state index contributed by atoms with van der Waals surface area (Å²) in [5.41, 5.74) is -0.709. The Balaban J connectivity index is 0.000000437. The summed E-state index contributed by atoms with van der Waals surface area (Å²) in [5, 5.41) is 9.71. The molecule has 1 aromatic rings. The van der Waals surface area contributed by atoms with Gasteiger partial charge in [0.1, 0.15) is 11.4 Å². The Morgan fingerprint density at radius 3 is 1.88 bits per heavy atom. The summed E-state index contributed by atoms with van der Waals surface area (Å²) in [4.78, 5) is 20.8. The number of rotatable bonds is 3. The van der Waals surface area contributed by atoms with Crippen LogP contribution in [0.1, 0.15) is 39.7 Å². The van der Waals surface area contributed by atoms with Gasteiger partial charge in [-0.1, -0.05) is 37.3 Å². The van der Waals surface area contributed by atoms with Crippen molar-refractivity contribution in [3.05, 3.63) is 35.9 Å². The normalized spacial score (nSPS) is 13.0. The molecule has 0 aliphatic carbocycles. The van der Waals surface area contributed by atoms with Crippen LogP contribution >= 0.6 is 0 Å². The fourth-order valence-electron chi connectivity index (χ4n) is 0.966. The van der Waals surface area contributed by atoms with E-state index in [9.17, 15) is 14.7 Å². The minimum atomic E-state index is -1.35. The Bertz CT molecular complexity index is 366. The summed E-state index contributed by atoms with van der Waals surface area (Å²) in [6, 6.07) is 8.92. The average molecular weight is 236 g/mol. The highest BCUT2D eigenvalue weighted by molar-refractivity contribution is 5.85. The Hall–Kier alpha value is -1.48. The Kier molecular flexibility index (Phi) is 6.36. The van der Waals surface area contributed by atoms with Crippen molar-refractivity contribution in [1.82, 2.24) is 0 Å². The van der Waals surface area contributed by atoms with Gasteiger partial charge in [-0.3, -0.25) is 4.79 Å². The van der Waals surface area contributed by atoms with Crippen LogP contribution in [-0.2, 0) is 15.2 Å². The highest BCUT2D eigenvalue weighted by Crippen LogP contribution is 2.20. The fraction of sp³-hybridized carbons (Fsp3) is 0.429. The standard InChI is InChI=1S/C10H12O2.C4H8O/c1-8(11)10(2,12)9-6-4-3-5-7-9;1-3-4(2)5/h3-7,12H,1-2H3;3H2,1-2H3. The zero-order valence-corrected chi connectivity index (χ0v) is 10.9. The van der Waals surface area contributed by atoms with E-state index in [4.69, 9.17) is 0 Å². The quantitative estimate of drug-likeness (QED) is 0.877. The molecule has 1 atom stereocenters. The molecule has 0 saturated carbocycles. The van der Waals surface area contributed by atoms with E-state index in [-0.39, 0.29) is 11.6 Å². The summed E-state index contributed by atoms with van der Waals surface area (Å²) >= 11 is 0. The van der Waals surface area contributed by atoms with Crippen LogP contribution in [0.5, 0.6) is 0 Å². The van der Waals surface area contributed by atoms with E-state index >= 15 is 0 Å². The molecule has 1 aromatic carbocycles. The van der Waals surface area contributed by atoms with E-state index in [1.165, 1.54) is 13.8 Å². The largest absolute Gasteiger partial charge is 0.378 e. The molecular formula is C14H20O3. The van der Waals surface area contributed by atoms with Crippen molar-refractivity contribution in [2.24, 2.45) is 0 Å². The molecule has 0 radical (unpaired) electrons. The number of hydrogen-bond acceptors (Lipinski definition) is 3. The maximum Gasteiger partial charge on any atom is 0.165 e. The van der Waals surface area contributed by atoms with Crippen LogP contribution in [0.15, 0.2) is 30.3 Å². The molecule has 0 bridgehead atoms. The van der Waals surface area contributed by atoms with Gasteiger partial charge in [0, 0.05) is 6.42 Å². The zero-order valence-electron chi connectivity index (χ0n) is 10.9. The second kappa shape index (κ2) is 6.97. The van der Waals surface area contributed by atoms with E-state index in [2.05, 4.69) is 0 Å². The lowest BCUT2D eigenvalue weighted by Crippen LogP contribution is -2.29. The van der Waals surface area contributed by atoms with E-state index in [0.29, 0.717) is 12.0 Å². The smallest absolute Gasteiger partial charge is 0.165 e. The third kappa shape index (κ3) is 5.41. The molecule has 3 nitrogen and oxygen atoms in total. The van der Waals surface area contributed by atoms with Crippen LogP contribution in [0.4, 0.5) is 0 Å². The van der Waals surface area contributed by atoms with E-state index in [1.54, 1.807) is 31.2 Å². The van der Waals surface area contributed by atoms with Crippen LogP contribution in [0.2, 0.25) is 0 Å². The molecular weight excluding hydrogens is 216 g/mol. The van der Waals surface area contributed by atoms with Crippen LogP contribution < -0.4 is 0 Å². The lowest BCUT2D eigenvalue weighted by atomic mass is 9.92. The first kappa shape index (κ1) is 15.5. The van der Waals surface area contributed by atoms with Crippen LogP contribution in [0, 0.1) is 0 Å². The molecule has 0 aliphatic heterocycles. The summed E-state index contributed by atoms with van der Waals surface area (Å²) in [6.07, 6.45) is 0.667. The van der Waals surface area contributed by atoms with Gasteiger partial charge in [0.15, 0.2) is 5.78 Å². The maximum absolute atomic E-state index is 11.0. The molecule has 3 heteroatoms. The number of carbonyl (C=O) groups excluding carboxylic acids is 2. The highest BCUT2D eigenvalue weighted by Gasteiger charge is 2.27. The first-order chi connectivity index (χ1) is 7.82. The Labute approximate surface area is 102 Å². The molecule has 0 fully saturated rings. The number of aliphatic hydroxyl groups is 1. The van der Waals surface area contributed by atoms with Crippen LogP contribution in [0.25, 0.3) is 0 Å². The highest BCUT2D eigenvalue weighted by atomic mass is 16.3. The van der Waals surface area contributed by atoms with Gasteiger partial charge < -0.3 is 9.90 Å². The molecule has 94 valence electrons. The van der Waals surface area contributed by atoms with Gasteiger partial charge in [0.2, 0.25) is 0 Å². The Morgan fingerprint density at radius 1 is 1.18 bits per heavy atom. The summed E-state index contributed by atoms with van der Waals surface area (Å²) in [5.74, 6) is 0.0127. The van der Waals surface area contributed by atoms with Crippen molar-refractivity contribution < 1.29 is 14.7 Å². The number of benzene rings is 1. The fourth-order valence-corrected chi connectivity index (χ4v) is 0.966. The van der Waals surface area contributed by atoms with Gasteiger partial charge in [-0.05, 0) is 26.3 Å². The summed E-state index contributed by atoms with van der Waals surface area (Å²) in [6.45, 7) is 6.32. The molecule has 0 aromatic heterocycles. The van der Waals surface area contributed by atoms with Crippen LogP contribution in [0.3, 0.4) is 0 Å². The lowest BCUT2D eigenvalue weighted by Gasteiger charge is -2.19. The van der Waals surface area contributed by atoms with Crippen molar-refractivity contribution in [3.63, 3.8) is 0 Å². The van der Waals surface area contributed by atoms with E-state index < -0.39 is 5.60 Å². The molecule has 0 saturated heterocycles. The molecule has 1 rings (SSSR count). The molecule has 0 aliphatic rings. The first-order valence-electron chi connectivity index (χ1n) is 5.60. The minimum Gasteiger partial charge on any atom is -0.378 e. The lowest BCUT2D eigenvalue weighted by molar-refractivity contribution is -0.134. The van der Waals surface area contributed by atoms with Crippen molar-refractivity contribution in [3.8, 4) is 0 Å². The summed E-state index contributed by atoms with van der Waals surface area (Å²) in [7, 11) is 0. The predicted molar refractivity (Wildman–Crippen MR) is 67.7 cm³/mol. The van der Waals surface area contributed by atoms with Gasteiger partial charge >= 0.3 is 0 Å². The molecule has 0 spiro atoms. The average Bonchev–Trinajstić information content (AvgIpc) is 2.30. The van der Waals surface area contributed by atoms with Crippen molar-refractivity contribution in [2.75, 3.05) is 0 Å². The number of hydrogen-bond donors (Lipinski definition) is 1. The van der Waals surface area contributed by atoms with Crippen molar-refractivity contribution >= 4 is 11.6 Å². The first-order valence-corrected chi connectivity index (χ1v) is 5.60.